The van der Waals surface area contributed by atoms with Gasteiger partial charge in [-0.25, -0.2) is 0 Å². The van der Waals surface area contributed by atoms with Crippen LogP contribution in [0, 0.1) is 28.6 Å². The molecule has 0 radical (unpaired) electrons. The summed E-state index contributed by atoms with van der Waals surface area (Å²) in [6.45, 7) is 4.34. The number of esters is 2. The van der Waals surface area contributed by atoms with Crippen molar-refractivity contribution in [2.24, 2.45) is 28.6 Å². The van der Waals surface area contributed by atoms with Crippen LogP contribution in [-0.2, 0) is 23.8 Å². The Morgan fingerprint density at radius 1 is 1.19 bits per heavy atom. The number of fused-ring (bicyclic) bond motifs is 4. The van der Waals surface area contributed by atoms with E-state index in [1.165, 1.54) is 7.11 Å². The third-order valence-electron chi connectivity index (χ3n) is 10.4. The first-order valence-electron chi connectivity index (χ1n) is 11.7. The number of methoxy groups -OCH3 is 1. The van der Waals surface area contributed by atoms with Crippen molar-refractivity contribution in [2.45, 2.75) is 88.3 Å². The van der Waals surface area contributed by atoms with Gasteiger partial charge >= 0.3 is 11.9 Å². The molecule has 2 saturated heterocycles. The second kappa shape index (κ2) is 5.91. The average Bonchev–Trinajstić information content (AvgIpc) is 3.23. The fraction of sp³-hybridized carbons (Fsp3) is 0.833. The molecular formula is C24H32O7. The lowest BCUT2D eigenvalue weighted by Crippen LogP contribution is -2.66. The zero-order valence-electron chi connectivity index (χ0n) is 18.4. The summed E-state index contributed by atoms with van der Waals surface area (Å²) in [4.78, 5) is 25.2. The molecule has 2 spiro atoms. The van der Waals surface area contributed by atoms with Gasteiger partial charge in [-0.3, -0.25) is 9.59 Å². The molecule has 5 fully saturated rings. The Morgan fingerprint density at radius 2 is 1.97 bits per heavy atom. The largest absolute Gasteiger partial charge is 0.469 e. The fourth-order valence-corrected chi connectivity index (χ4v) is 8.89. The maximum atomic E-state index is 13.1. The third-order valence-corrected chi connectivity index (χ3v) is 10.4. The highest BCUT2D eigenvalue weighted by Gasteiger charge is 2.84. The number of rotatable bonds is 1. The molecule has 2 N–H and O–H groups in total. The molecule has 10 atom stereocenters. The molecule has 2 aliphatic heterocycles. The lowest BCUT2D eigenvalue weighted by Gasteiger charge is -2.60. The molecule has 0 bridgehead atoms. The van der Waals surface area contributed by atoms with Gasteiger partial charge in [0.1, 0.15) is 11.2 Å². The van der Waals surface area contributed by atoms with E-state index in [9.17, 15) is 19.8 Å². The quantitative estimate of drug-likeness (QED) is 0.370. The number of ether oxygens (including phenoxy) is 3. The Hall–Kier alpha value is -1.44. The van der Waals surface area contributed by atoms with E-state index in [1.807, 2.05) is 0 Å². The maximum Gasteiger partial charge on any atom is 0.312 e. The van der Waals surface area contributed by atoms with Gasteiger partial charge in [-0.2, -0.15) is 0 Å². The van der Waals surface area contributed by atoms with Gasteiger partial charge in [-0.05, 0) is 50.0 Å². The normalized spacial score (nSPS) is 56.7. The highest BCUT2D eigenvalue weighted by atomic mass is 16.6. The van der Waals surface area contributed by atoms with Crippen LogP contribution in [-0.4, -0.2) is 58.8 Å². The molecule has 0 aromatic heterocycles. The Balaban J connectivity index is 1.51. The number of carbonyl (C=O) groups excluding carboxylic acids is 2. The summed E-state index contributed by atoms with van der Waals surface area (Å²) >= 11 is 0. The smallest absolute Gasteiger partial charge is 0.312 e. The van der Waals surface area contributed by atoms with Crippen LogP contribution in [0.15, 0.2) is 11.6 Å². The minimum atomic E-state index is -1.02. The summed E-state index contributed by atoms with van der Waals surface area (Å²) in [7, 11) is 1.36. The van der Waals surface area contributed by atoms with Gasteiger partial charge in [0.15, 0.2) is 0 Å². The van der Waals surface area contributed by atoms with Crippen molar-refractivity contribution >= 4 is 11.9 Å². The highest BCUT2D eigenvalue weighted by molar-refractivity contribution is 5.76. The van der Waals surface area contributed by atoms with Crippen molar-refractivity contribution in [1.82, 2.24) is 0 Å². The van der Waals surface area contributed by atoms with Crippen molar-refractivity contribution in [3.05, 3.63) is 11.6 Å². The van der Waals surface area contributed by atoms with Gasteiger partial charge in [0, 0.05) is 23.2 Å². The van der Waals surface area contributed by atoms with Gasteiger partial charge in [0.25, 0.3) is 0 Å². The van der Waals surface area contributed by atoms with Gasteiger partial charge in [0.2, 0.25) is 0 Å². The fourth-order valence-electron chi connectivity index (χ4n) is 8.89. The molecule has 4 aliphatic carbocycles. The molecule has 7 heteroatoms. The number of carbonyl (C=O) groups is 2. The van der Waals surface area contributed by atoms with Crippen molar-refractivity contribution in [1.29, 1.82) is 0 Å². The van der Waals surface area contributed by atoms with E-state index in [0.29, 0.717) is 25.7 Å². The van der Waals surface area contributed by atoms with Crippen molar-refractivity contribution in [3.8, 4) is 0 Å². The van der Waals surface area contributed by atoms with E-state index >= 15 is 0 Å². The molecule has 0 aromatic carbocycles. The Labute approximate surface area is 182 Å². The molecule has 6 rings (SSSR count). The molecule has 3 saturated carbocycles. The SMILES string of the molecule is COC(=O)C1C2C3CC[C@@]4(CCC(=O)O4)[C@@]3(C)C[C@H]3O[C@@]23[C@@]2(C)CC[C@H](O)C=C2[C@@H]1O. The molecular weight excluding hydrogens is 400 g/mol. The predicted octanol–water partition coefficient (Wildman–Crippen LogP) is 1.89. The zero-order valence-corrected chi connectivity index (χ0v) is 18.4. The number of hydrogen-bond acceptors (Lipinski definition) is 7. The van der Waals surface area contributed by atoms with Crippen LogP contribution in [0.5, 0.6) is 0 Å². The van der Waals surface area contributed by atoms with Crippen molar-refractivity contribution in [2.75, 3.05) is 7.11 Å². The summed E-state index contributed by atoms with van der Waals surface area (Å²) in [6, 6.07) is 0. The van der Waals surface area contributed by atoms with Crippen molar-refractivity contribution < 1.29 is 34.0 Å². The van der Waals surface area contributed by atoms with Crippen LogP contribution < -0.4 is 0 Å². The minimum absolute atomic E-state index is 0.0590. The van der Waals surface area contributed by atoms with Crippen LogP contribution >= 0.6 is 0 Å². The van der Waals surface area contributed by atoms with Gasteiger partial charge in [-0.15, -0.1) is 0 Å². The van der Waals surface area contributed by atoms with E-state index in [-0.39, 0.29) is 29.3 Å². The lowest BCUT2D eigenvalue weighted by molar-refractivity contribution is -0.180. The standard InChI is InChI=1S/C24H32O7/c1-21-7-4-12(25)10-14(21)19(27)17(20(28)29-3)18-13-5-8-23(9-6-16(26)31-23)22(13,2)11-15-24(18,21)30-15/h10,12-13,15,17-19,25,27H,4-9,11H2,1-3H3/t12-,13?,15+,17?,18?,19-,21-,22-,23+,24+/m0/s1. The first-order valence-corrected chi connectivity index (χ1v) is 11.7. The number of aliphatic hydroxyl groups is 2. The van der Waals surface area contributed by atoms with Gasteiger partial charge in [0.05, 0.1) is 31.3 Å². The summed E-state index contributed by atoms with van der Waals surface area (Å²) < 4.78 is 17.8. The van der Waals surface area contributed by atoms with Gasteiger partial charge in [-0.1, -0.05) is 19.9 Å². The minimum Gasteiger partial charge on any atom is -0.469 e. The van der Waals surface area contributed by atoms with Crippen LogP contribution in [0.3, 0.4) is 0 Å². The highest BCUT2D eigenvalue weighted by Crippen LogP contribution is 2.78. The molecule has 2 heterocycles. The summed E-state index contributed by atoms with van der Waals surface area (Å²) in [5.74, 6) is -1.45. The first-order chi connectivity index (χ1) is 14.6. The Morgan fingerprint density at radius 3 is 2.65 bits per heavy atom. The molecule has 170 valence electrons. The number of hydrogen-bond donors (Lipinski definition) is 2. The summed E-state index contributed by atoms with van der Waals surface area (Å²) in [6.07, 6.45) is 4.95. The van der Waals surface area contributed by atoms with E-state index in [2.05, 4.69) is 13.8 Å². The lowest BCUT2D eigenvalue weighted by atomic mass is 9.43. The Kier molecular flexibility index (Phi) is 3.85. The second-order valence-corrected chi connectivity index (χ2v) is 11.2. The van der Waals surface area contributed by atoms with E-state index in [0.717, 1.165) is 24.8 Å². The molecule has 7 nitrogen and oxygen atoms in total. The topological polar surface area (TPSA) is 106 Å². The molecule has 0 amide bonds. The summed E-state index contributed by atoms with van der Waals surface area (Å²) in [5.41, 5.74) is -1.06. The Bertz CT molecular complexity index is 898. The van der Waals surface area contributed by atoms with E-state index in [1.54, 1.807) is 6.08 Å². The van der Waals surface area contributed by atoms with Crippen LogP contribution in [0.4, 0.5) is 0 Å². The van der Waals surface area contributed by atoms with Crippen LogP contribution in [0.25, 0.3) is 0 Å². The zero-order chi connectivity index (χ0) is 22.0. The first kappa shape index (κ1) is 20.2. The molecule has 6 aliphatic rings. The van der Waals surface area contributed by atoms with Crippen LogP contribution in [0.1, 0.15) is 58.8 Å². The number of aliphatic hydroxyl groups excluding tert-OH is 2. The summed E-state index contributed by atoms with van der Waals surface area (Å²) in [5, 5.41) is 21.8. The van der Waals surface area contributed by atoms with Crippen molar-refractivity contribution in [3.63, 3.8) is 0 Å². The molecule has 3 unspecified atom stereocenters. The van der Waals surface area contributed by atoms with E-state index in [4.69, 9.17) is 14.2 Å². The molecule has 31 heavy (non-hydrogen) atoms. The second-order valence-electron chi connectivity index (χ2n) is 11.2. The van der Waals surface area contributed by atoms with Crippen LogP contribution in [0.2, 0.25) is 0 Å². The van der Waals surface area contributed by atoms with Gasteiger partial charge < -0.3 is 24.4 Å². The predicted molar refractivity (Wildman–Crippen MR) is 108 cm³/mol. The molecule has 0 aromatic rings. The number of epoxide rings is 1. The van der Waals surface area contributed by atoms with E-state index < -0.39 is 40.7 Å². The third kappa shape index (κ3) is 2.12. The maximum absolute atomic E-state index is 13.1. The monoisotopic (exact) mass is 432 g/mol. The average molecular weight is 433 g/mol.